The number of carbonyl (C=O) groups is 1. The van der Waals surface area contributed by atoms with Crippen molar-refractivity contribution in [2.45, 2.75) is 13.8 Å². The van der Waals surface area contributed by atoms with E-state index in [0.29, 0.717) is 5.56 Å². The van der Waals surface area contributed by atoms with Gasteiger partial charge in [-0.2, -0.15) is 0 Å². The molecule has 0 radical (unpaired) electrons. The van der Waals surface area contributed by atoms with Gasteiger partial charge in [0.1, 0.15) is 17.2 Å². The molecule has 0 atom stereocenters. The van der Waals surface area contributed by atoms with E-state index in [9.17, 15) is 4.79 Å². The number of nitrogens with zero attached hydrogens (tertiary/aromatic N) is 2. The first-order valence-electron chi connectivity index (χ1n) is 10.5. The summed E-state index contributed by atoms with van der Waals surface area (Å²) in [5.41, 5.74) is 7.10. The van der Waals surface area contributed by atoms with Crippen molar-refractivity contribution >= 4 is 17.8 Å². The molecular formula is C27H25N3O3. The van der Waals surface area contributed by atoms with Crippen molar-refractivity contribution in [3.8, 4) is 17.2 Å². The third kappa shape index (κ3) is 5.30. The summed E-state index contributed by atoms with van der Waals surface area (Å²) in [6.07, 6.45) is 1.80. The third-order valence-electron chi connectivity index (χ3n) is 5.20. The van der Waals surface area contributed by atoms with Crippen LogP contribution in [0.4, 0.5) is 5.69 Å². The van der Waals surface area contributed by atoms with Crippen molar-refractivity contribution < 1.29 is 14.3 Å². The van der Waals surface area contributed by atoms with E-state index >= 15 is 0 Å². The van der Waals surface area contributed by atoms with Crippen LogP contribution in [0.3, 0.4) is 0 Å². The topological polar surface area (TPSA) is 64.8 Å². The van der Waals surface area contributed by atoms with Gasteiger partial charge in [-0.05, 0) is 80.6 Å². The second kappa shape index (κ2) is 9.87. The molecule has 0 unspecified atom stereocenters. The van der Waals surface area contributed by atoms with Gasteiger partial charge in [-0.3, -0.25) is 19.9 Å². The standard InChI is InChI=1S/C27H25N3O3/c1-19-17-22(20(2)30(19)29-27(31)21-7-5-4-6-8-21)18-28-23-9-11-25(12-10-23)33-26-15-13-24(32-3)14-16-26/h4-18H,1-3H3,(H,29,31). The van der Waals surface area contributed by atoms with Crippen molar-refractivity contribution in [3.63, 3.8) is 0 Å². The van der Waals surface area contributed by atoms with Gasteiger partial charge in [-0.15, -0.1) is 0 Å². The molecule has 1 heterocycles. The van der Waals surface area contributed by atoms with Gasteiger partial charge < -0.3 is 9.47 Å². The maximum Gasteiger partial charge on any atom is 0.270 e. The quantitative estimate of drug-likeness (QED) is 0.357. The molecule has 0 aliphatic rings. The number of nitrogens with one attached hydrogen (secondary N) is 1. The molecule has 0 bridgehead atoms. The van der Waals surface area contributed by atoms with Crippen molar-refractivity contribution in [2.24, 2.45) is 4.99 Å². The van der Waals surface area contributed by atoms with Gasteiger partial charge >= 0.3 is 0 Å². The Balaban J connectivity index is 1.43. The fourth-order valence-electron chi connectivity index (χ4n) is 3.37. The lowest BCUT2D eigenvalue weighted by atomic mass is 10.2. The lowest BCUT2D eigenvalue weighted by Crippen LogP contribution is -2.24. The maximum atomic E-state index is 12.5. The van der Waals surface area contributed by atoms with Crippen LogP contribution in [0.2, 0.25) is 0 Å². The van der Waals surface area contributed by atoms with Crippen molar-refractivity contribution in [2.75, 3.05) is 12.5 Å². The zero-order chi connectivity index (χ0) is 23.2. The Labute approximate surface area is 193 Å². The molecule has 0 saturated heterocycles. The van der Waals surface area contributed by atoms with Gasteiger partial charge in [0, 0.05) is 28.7 Å². The molecule has 4 aromatic rings. The van der Waals surface area contributed by atoms with Crippen LogP contribution in [-0.4, -0.2) is 23.9 Å². The number of aliphatic imine (C=N–C) groups is 1. The number of aromatic nitrogens is 1. The number of carbonyl (C=O) groups excluding carboxylic acids is 1. The molecule has 1 amide bonds. The first-order valence-corrected chi connectivity index (χ1v) is 10.5. The highest BCUT2D eigenvalue weighted by molar-refractivity contribution is 6.00. The monoisotopic (exact) mass is 439 g/mol. The lowest BCUT2D eigenvalue weighted by molar-refractivity contribution is 0.101. The minimum atomic E-state index is -0.159. The van der Waals surface area contributed by atoms with Gasteiger partial charge in [0.25, 0.3) is 5.91 Å². The SMILES string of the molecule is COc1ccc(Oc2ccc(N=Cc3cc(C)n(NC(=O)c4ccccc4)c3C)cc2)cc1. The van der Waals surface area contributed by atoms with E-state index in [1.54, 1.807) is 30.1 Å². The summed E-state index contributed by atoms with van der Waals surface area (Å²) in [7, 11) is 1.63. The molecule has 1 N–H and O–H groups in total. The summed E-state index contributed by atoms with van der Waals surface area (Å²) < 4.78 is 12.8. The molecule has 0 fully saturated rings. The zero-order valence-electron chi connectivity index (χ0n) is 18.8. The Morgan fingerprint density at radius 3 is 2.12 bits per heavy atom. The maximum absolute atomic E-state index is 12.5. The van der Waals surface area contributed by atoms with E-state index in [1.165, 1.54) is 0 Å². The van der Waals surface area contributed by atoms with E-state index in [2.05, 4.69) is 10.4 Å². The summed E-state index contributed by atoms with van der Waals surface area (Å²) in [5, 5.41) is 0. The number of rotatable bonds is 7. The summed E-state index contributed by atoms with van der Waals surface area (Å²) in [4.78, 5) is 17.1. The average molecular weight is 440 g/mol. The number of ether oxygens (including phenoxy) is 2. The number of aryl methyl sites for hydroxylation is 1. The number of benzene rings is 3. The fourth-order valence-corrected chi connectivity index (χ4v) is 3.37. The molecule has 0 spiro atoms. The Morgan fingerprint density at radius 2 is 1.48 bits per heavy atom. The van der Waals surface area contributed by atoms with Crippen LogP contribution in [0, 0.1) is 13.8 Å². The first kappa shape index (κ1) is 21.9. The Bertz CT molecular complexity index is 1260. The van der Waals surface area contributed by atoms with Crippen LogP contribution in [-0.2, 0) is 0 Å². The van der Waals surface area contributed by atoms with Crippen LogP contribution in [0.15, 0.2) is 89.9 Å². The predicted octanol–water partition coefficient (Wildman–Crippen LogP) is 6.04. The van der Waals surface area contributed by atoms with E-state index < -0.39 is 0 Å². The summed E-state index contributed by atoms with van der Waals surface area (Å²) in [6, 6.07) is 26.1. The van der Waals surface area contributed by atoms with Gasteiger partial charge in [-0.25, -0.2) is 0 Å². The molecule has 0 aliphatic heterocycles. The highest BCUT2D eigenvalue weighted by atomic mass is 16.5. The van der Waals surface area contributed by atoms with Crippen LogP contribution < -0.4 is 14.9 Å². The van der Waals surface area contributed by atoms with Crippen LogP contribution in [0.5, 0.6) is 17.2 Å². The molecule has 4 rings (SSSR count). The zero-order valence-corrected chi connectivity index (χ0v) is 18.8. The largest absolute Gasteiger partial charge is 0.497 e. The van der Waals surface area contributed by atoms with E-state index in [4.69, 9.17) is 9.47 Å². The molecular weight excluding hydrogens is 414 g/mol. The Morgan fingerprint density at radius 1 is 0.879 bits per heavy atom. The highest BCUT2D eigenvalue weighted by Gasteiger charge is 2.11. The molecule has 33 heavy (non-hydrogen) atoms. The number of methoxy groups -OCH3 is 1. The summed E-state index contributed by atoms with van der Waals surface area (Å²) in [5.74, 6) is 2.08. The summed E-state index contributed by atoms with van der Waals surface area (Å²) >= 11 is 0. The fraction of sp³-hybridized carbons (Fsp3) is 0.111. The van der Waals surface area contributed by atoms with E-state index in [1.807, 2.05) is 86.6 Å². The van der Waals surface area contributed by atoms with Crippen LogP contribution in [0.25, 0.3) is 0 Å². The summed E-state index contributed by atoms with van der Waals surface area (Å²) in [6.45, 7) is 3.90. The van der Waals surface area contributed by atoms with Crippen molar-refractivity contribution in [1.82, 2.24) is 4.68 Å². The second-order valence-corrected chi connectivity index (χ2v) is 7.50. The van der Waals surface area contributed by atoms with Gasteiger partial charge in [0.2, 0.25) is 0 Å². The van der Waals surface area contributed by atoms with Crippen LogP contribution >= 0.6 is 0 Å². The predicted molar refractivity (Wildman–Crippen MR) is 131 cm³/mol. The molecule has 0 aliphatic carbocycles. The van der Waals surface area contributed by atoms with Crippen molar-refractivity contribution in [3.05, 3.63) is 107 Å². The minimum Gasteiger partial charge on any atom is -0.497 e. The molecule has 166 valence electrons. The number of hydrogen-bond donors (Lipinski definition) is 1. The Hall–Kier alpha value is -4.32. The lowest BCUT2D eigenvalue weighted by Gasteiger charge is -2.11. The van der Waals surface area contributed by atoms with Crippen LogP contribution in [0.1, 0.15) is 27.3 Å². The van der Waals surface area contributed by atoms with Crippen molar-refractivity contribution in [1.29, 1.82) is 0 Å². The van der Waals surface area contributed by atoms with Gasteiger partial charge in [-0.1, -0.05) is 18.2 Å². The van der Waals surface area contributed by atoms with E-state index in [0.717, 1.165) is 39.9 Å². The van der Waals surface area contributed by atoms with Gasteiger partial charge in [0.15, 0.2) is 0 Å². The normalized spacial score (nSPS) is 10.9. The van der Waals surface area contributed by atoms with Gasteiger partial charge in [0.05, 0.1) is 12.8 Å². The highest BCUT2D eigenvalue weighted by Crippen LogP contribution is 2.26. The second-order valence-electron chi connectivity index (χ2n) is 7.50. The van der Waals surface area contributed by atoms with E-state index in [-0.39, 0.29) is 5.91 Å². The molecule has 6 nitrogen and oxygen atoms in total. The average Bonchev–Trinajstić information content (AvgIpc) is 3.12. The minimum absolute atomic E-state index is 0.159. The number of hydrogen-bond acceptors (Lipinski definition) is 4. The smallest absolute Gasteiger partial charge is 0.270 e. The third-order valence-corrected chi connectivity index (χ3v) is 5.20. The molecule has 1 aromatic heterocycles. The molecule has 0 saturated carbocycles. The molecule has 3 aromatic carbocycles. The molecule has 6 heteroatoms. The first-order chi connectivity index (χ1) is 16.0. The Kier molecular flexibility index (Phi) is 6.55. The number of amides is 1.